The summed E-state index contributed by atoms with van der Waals surface area (Å²) in [6.07, 6.45) is -9.97. The molecule has 0 amide bonds. The highest BCUT2D eigenvalue weighted by Gasteiger charge is 2.37. The minimum atomic E-state index is -4.99. The number of alkyl halides is 6. The van der Waals surface area contributed by atoms with Crippen molar-refractivity contribution in [2.45, 2.75) is 26.2 Å². The molecule has 0 aliphatic carbocycles. The van der Waals surface area contributed by atoms with Crippen LogP contribution in [0, 0.1) is 13.8 Å². The van der Waals surface area contributed by atoms with Crippen LogP contribution >= 0.6 is 0 Å². The highest BCUT2D eigenvalue weighted by atomic mass is 19.4. The van der Waals surface area contributed by atoms with Crippen molar-refractivity contribution in [1.29, 1.82) is 0 Å². The van der Waals surface area contributed by atoms with Crippen molar-refractivity contribution in [1.82, 2.24) is 0 Å². The third kappa shape index (κ3) is 3.77. The van der Waals surface area contributed by atoms with E-state index in [1.54, 1.807) is 19.9 Å². The van der Waals surface area contributed by atoms with Gasteiger partial charge in [0.05, 0.1) is 11.1 Å². The second-order valence-corrected chi connectivity index (χ2v) is 5.42. The van der Waals surface area contributed by atoms with Gasteiger partial charge < -0.3 is 0 Å². The number of carbonyl (C=O) groups is 1. The van der Waals surface area contributed by atoms with Crippen LogP contribution in [0.25, 0.3) is 0 Å². The summed E-state index contributed by atoms with van der Waals surface area (Å²) in [7, 11) is 0. The van der Waals surface area contributed by atoms with E-state index in [1.165, 1.54) is 12.1 Å². The fraction of sp³-hybridized carbons (Fsp3) is 0.235. The molecule has 0 bridgehead atoms. The van der Waals surface area contributed by atoms with Crippen molar-refractivity contribution in [3.05, 3.63) is 69.8 Å². The van der Waals surface area contributed by atoms with Crippen LogP contribution < -0.4 is 0 Å². The predicted octanol–water partition coefficient (Wildman–Crippen LogP) is 5.57. The van der Waals surface area contributed by atoms with Gasteiger partial charge in [-0.1, -0.05) is 12.1 Å². The molecule has 0 saturated carbocycles. The maximum atomic E-state index is 12.8. The number of halogens is 6. The Morgan fingerprint density at radius 2 is 1.21 bits per heavy atom. The number of aryl methyl sites for hydroxylation is 2. The molecule has 0 N–H and O–H groups in total. The molecule has 0 aliphatic rings. The Bertz CT molecular complexity index is 754. The average Bonchev–Trinajstić information content (AvgIpc) is 2.47. The zero-order valence-corrected chi connectivity index (χ0v) is 12.6. The number of benzene rings is 2. The topological polar surface area (TPSA) is 17.1 Å². The lowest BCUT2D eigenvalue weighted by Crippen LogP contribution is -2.14. The molecule has 2 aromatic carbocycles. The highest BCUT2D eigenvalue weighted by Crippen LogP contribution is 2.36. The molecule has 0 aromatic heterocycles. The van der Waals surface area contributed by atoms with E-state index in [2.05, 4.69) is 0 Å². The second kappa shape index (κ2) is 5.96. The Morgan fingerprint density at radius 1 is 0.708 bits per heavy atom. The fourth-order valence-corrected chi connectivity index (χ4v) is 2.14. The molecule has 0 radical (unpaired) electrons. The number of hydrogen-bond acceptors (Lipinski definition) is 1. The summed E-state index contributed by atoms with van der Waals surface area (Å²) < 4.78 is 77.0. The van der Waals surface area contributed by atoms with Crippen LogP contribution in [0.1, 0.15) is 38.2 Å². The summed E-state index contributed by atoms with van der Waals surface area (Å²) in [5.74, 6) is -0.894. The van der Waals surface area contributed by atoms with Gasteiger partial charge in [0.25, 0.3) is 0 Å². The maximum Gasteiger partial charge on any atom is 0.416 e. The summed E-state index contributed by atoms with van der Waals surface area (Å²) >= 11 is 0. The third-order valence-corrected chi connectivity index (χ3v) is 3.62. The molecule has 2 rings (SSSR count). The molecule has 0 fully saturated rings. The van der Waals surface area contributed by atoms with E-state index in [4.69, 9.17) is 0 Å². The fourth-order valence-electron chi connectivity index (χ4n) is 2.14. The SMILES string of the molecule is Cc1ccc(C(=O)c2cc(C(F)(F)F)cc(C(F)(F)F)c2)cc1C. The molecular formula is C17H12F6O. The van der Waals surface area contributed by atoms with Crippen molar-refractivity contribution < 1.29 is 31.1 Å². The highest BCUT2D eigenvalue weighted by molar-refractivity contribution is 6.09. The van der Waals surface area contributed by atoms with Gasteiger partial charge in [-0.15, -0.1) is 0 Å². The molecule has 2 aromatic rings. The van der Waals surface area contributed by atoms with Crippen molar-refractivity contribution in [3.8, 4) is 0 Å². The van der Waals surface area contributed by atoms with E-state index in [0.29, 0.717) is 17.7 Å². The van der Waals surface area contributed by atoms with E-state index in [9.17, 15) is 31.1 Å². The molecule has 0 saturated heterocycles. The normalized spacial score (nSPS) is 12.3. The van der Waals surface area contributed by atoms with E-state index >= 15 is 0 Å². The van der Waals surface area contributed by atoms with Crippen LogP contribution in [0.2, 0.25) is 0 Å². The lowest BCUT2D eigenvalue weighted by atomic mass is 9.96. The van der Waals surface area contributed by atoms with Gasteiger partial charge in [-0.2, -0.15) is 26.3 Å². The molecule has 24 heavy (non-hydrogen) atoms. The first-order valence-corrected chi connectivity index (χ1v) is 6.81. The molecule has 1 nitrogen and oxygen atoms in total. The molecule has 0 aliphatic heterocycles. The lowest BCUT2D eigenvalue weighted by molar-refractivity contribution is -0.143. The first kappa shape index (κ1) is 18.0. The smallest absolute Gasteiger partial charge is 0.289 e. The van der Waals surface area contributed by atoms with Crippen LogP contribution in [0.4, 0.5) is 26.3 Å². The van der Waals surface area contributed by atoms with Crippen LogP contribution in [-0.2, 0) is 12.4 Å². The van der Waals surface area contributed by atoms with Gasteiger partial charge in [-0.25, -0.2) is 0 Å². The van der Waals surface area contributed by atoms with E-state index in [-0.39, 0.29) is 11.6 Å². The van der Waals surface area contributed by atoms with Gasteiger partial charge >= 0.3 is 12.4 Å². The molecule has 0 heterocycles. The standard InChI is InChI=1S/C17H12F6O/c1-9-3-4-11(5-10(9)2)15(24)12-6-13(16(18,19)20)8-14(7-12)17(21,22)23/h3-8H,1-2H3. The molecular weight excluding hydrogens is 334 g/mol. The Hall–Kier alpha value is -2.31. The van der Waals surface area contributed by atoms with Crippen molar-refractivity contribution >= 4 is 5.78 Å². The molecule has 7 heteroatoms. The van der Waals surface area contributed by atoms with Gasteiger partial charge in [0, 0.05) is 11.1 Å². The van der Waals surface area contributed by atoms with Gasteiger partial charge in [0.2, 0.25) is 0 Å². The average molecular weight is 346 g/mol. The lowest BCUT2D eigenvalue weighted by Gasteiger charge is -2.14. The van der Waals surface area contributed by atoms with Gasteiger partial charge in [0.1, 0.15) is 0 Å². The summed E-state index contributed by atoms with van der Waals surface area (Å²) in [5.41, 5.74) is -2.07. The van der Waals surface area contributed by atoms with Crippen LogP contribution in [0.15, 0.2) is 36.4 Å². The number of hydrogen-bond donors (Lipinski definition) is 0. The van der Waals surface area contributed by atoms with E-state index < -0.39 is 34.8 Å². The minimum Gasteiger partial charge on any atom is -0.289 e. The third-order valence-electron chi connectivity index (χ3n) is 3.62. The first-order chi connectivity index (χ1) is 10.9. The number of rotatable bonds is 2. The Balaban J connectivity index is 2.60. The van der Waals surface area contributed by atoms with Gasteiger partial charge in [-0.3, -0.25) is 4.79 Å². The molecule has 0 unspecified atom stereocenters. The monoisotopic (exact) mass is 346 g/mol. The van der Waals surface area contributed by atoms with Crippen molar-refractivity contribution in [3.63, 3.8) is 0 Å². The van der Waals surface area contributed by atoms with Crippen molar-refractivity contribution in [2.24, 2.45) is 0 Å². The quantitative estimate of drug-likeness (QED) is 0.513. The second-order valence-electron chi connectivity index (χ2n) is 5.42. The Labute approximate surface area is 133 Å². The van der Waals surface area contributed by atoms with Gasteiger partial charge in [0.15, 0.2) is 5.78 Å². The van der Waals surface area contributed by atoms with Crippen LogP contribution in [0.3, 0.4) is 0 Å². The zero-order valence-electron chi connectivity index (χ0n) is 12.6. The molecule has 0 spiro atoms. The van der Waals surface area contributed by atoms with Gasteiger partial charge in [-0.05, 0) is 49.2 Å². The largest absolute Gasteiger partial charge is 0.416 e. The number of carbonyl (C=O) groups excluding carboxylic acids is 1. The Kier molecular flexibility index (Phi) is 4.48. The van der Waals surface area contributed by atoms with Crippen molar-refractivity contribution in [2.75, 3.05) is 0 Å². The maximum absolute atomic E-state index is 12.8. The summed E-state index contributed by atoms with van der Waals surface area (Å²) in [4.78, 5) is 12.3. The predicted molar refractivity (Wildman–Crippen MR) is 75.8 cm³/mol. The minimum absolute atomic E-state index is 0.00281. The van der Waals surface area contributed by atoms with E-state index in [0.717, 1.165) is 5.56 Å². The van der Waals surface area contributed by atoms with Crippen LogP contribution in [0.5, 0.6) is 0 Å². The Morgan fingerprint density at radius 3 is 1.62 bits per heavy atom. The first-order valence-electron chi connectivity index (χ1n) is 6.81. The molecule has 0 atom stereocenters. The zero-order chi connectivity index (χ0) is 18.3. The summed E-state index contributed by atoms with van der Waals surface area (Å²) in [5, 5.41) is 0. The summed E-state index contributed by atoms with van der Waals surface area (Å²) in [6, 6.07) is 5.26. The van der Waals surface area contributed by atoms with E-state index in [1.807, 2.05) is 0 Å². The summed E-state index contributed by atoms with van der Waals surface area (Å²) in [6.45, 7) is 3.47. The van der Waals surface area contributed by atoms with Crippen LogP contribution in [-0.4, -0.2) is 5.78 Å². The molecule has 128 valence electrons. The number of ketones is 1.